The number of hydrogen-bond acceptors (Lipinski definition) is 4. The van der Waals surface area contributed by atoms with Crippen molar-refractivity contribution in [3.05, 3.63) is 63.5 Å². The second kappa shape index (κ2) is 9.66. The topological polar surface area (TPSA) is 59.4 Å². The first kappa shape index (κ1) is 25.8. The van der Waals surface area contributed by atoms with Gasteiger partial charge in [0.1, 0.15) is 0 Å². The van der Waals surface area contributed by atoms with E-state index in [1.54, 1.807) is 7.11 Å². The summed E-state index contributed by atoms with van der Waals surface area (Å²) in [7, 11) is 1.55. The number of hydrogen-bond donors (Lipinski definition) is 1. The SMILES string of the molecule is COC(C)c1nc2c(c(C3CCCCC3)c1C(=O)c1ccc(C(F)(F)F)cc1)[C@@H](O)CC(C)(C)C2. The molecular weight excluding hydrogens is 455 g/mol. The number of aliphatic hydroxyl groups excluding tert-OH is 1. The molecule has 1 saturated carbocycles. The van der Waals surface area contributed by atoms with E-state index < -0.39 is 23.9 Å². The Labute approximate surface area is 204 Å². The van der Waals surface area contributed by atoms with E-state index in [0.717, 1.165) is 61.1 Å². The molecule has 0 bridgehead atoms. The molecule has 1 aromatic heterocycles. The van der Waals surface area contributed by atoms with Crippen LogP contribution in [0.2, 0.25) is 0 Å². The van der Waals surface area contributed by atoms with E-state index in [9.17, 15) is 23.1 Å². The molecular formula is C28H34F3NO3. The van der Waals surface area contributed by atoms with E-state index in [4.69, 9.17) is 9.72 Å². The minimum atomic E-state index is -4.48. The third kappa shape index (κ3) is 5.17. The lowest BCUT2D eigenvalue weighted by Gasteiger charge is -2.38. The second-order valence-corrected chi connectivity index (χ2v) is 10.8. The molecule has 0 spiro atoms. The van der Waals surface area contributed by atoms with Gasteiger partial charge >= 0.3 is 6.18 Å². The van der Waals surface area contributed by atoms with Crippen molar-refractivity contribution in [2.24, 2.45) is 5.41 Å². The molecule has 4 nitrogen and oxygen atoms in total. The van der Waals surface area contributed by atoms with Gasteiger partial charge in [0.2, 0.25) is 0 Å². The van der Waals surface area contributed by atoms with Crippen LogP contribution in [0.3, 0.4) is 0 Å². The van der Waals surface area contributed by atoms with E-state index in [0.29, 0.717) is 24.1 Å². The van der Waals surface area contributed by atoms with E-state index in [1.165, 1.54) is 12.1 Å². The molecule has 1 heterocycles. The number of fused-ring (bicyclic) bond motifs is 1. The minimum Gasteiger partial charge on any atom is -0.388 e. The van der Waals surface area contributed by atoms with Crippen LogP contribution in [0.4, 0.5) is 13.2 Å². The number of rotatable bonds is 5. The number of aromatic nitrogens is 1. The fourth-order valence-electron chi connectivity index (χ4n) is 5.76. The first-order valence-corrected chi connectivity index (χ1v) is 12.4. The first-order chi connectivity index (χ1) is 16.4. The number of ether oxygens (including phenoxy) is 1. The predicted molar refractivity (Wildman–Crippen MR) is 127 cm³/mol. The fraction of sp³-hybridized carbons (Fsp3) is 0.571. The predicted octanol–water partition coefficient (Wildman–Crippen LogP) is 7.09. The number of methoxy groups -OCH3 is 1. The van der Waals surface area contributed by atoms with Crippen LogP contribution in [0, 0.1) is 5.41 Å². The highest BCUT2D eigenvalue weighted by molar-refractivity contribution is 6.11. The van der Waals surface area contributed by atoms with Crippen LogP contribution in [-0.2, 0) is 17.3 Å². The molecule has 2 aromatic rings. The molecule has 0 saturated heterocycles. The maximum Gasteiger partial charge on any atom is 0.416 e. The van der Waals surface area contributed by atoms with E-state index in [1.807, 2.05) is 6.92 Å². The number of ketones is 1. The van der Waals surface area contributed by atoms with Gasteiger partial charge in [-0.25, -0.2) is 0 Å². The summed E-state index contributed by atoms with van der Waals surface area (Å²) in [4.78, 5) is 18.9. The number of pyridine rings is 1. The molecule has 0 amide bonds. The number of carbonyl (C=O) groups is 1. The van der Waals surface area contributed by atoms with Gasteiger partial charge in [0.25, 0.3) is 0 Å². The lowest BCUT2D eigenvalue weighted by Crippen LogP contribution is -2.31. The van der Waals surface area contributed by atoms with Crippen LogP contribution in [0.5, 0.6) is 0 Å². The van der Waals surface area contributed by atoms with Crippen molar-refractivity contribution in [3.8, 4) is 0 Å². The molecule has 1 aromatic carbocycles. The normalized spacial score (nSPS) is 21.4. The van der Waals surface area contributed by atoms with Crippen molar-refractivity contribution in [2.45, 2.75) is 90.0 Å². The summed E-state index contributed by atoms with van der Waals surface area (Å²) in [6, 6.07) is 4.35. The molecule has 35 heavy (non-hydrogen) atoms. The number of nitrogens with zero attached hydrogens (tertiary/aromatic N) is 1. The quantitative estimate of drug-likeness (QED) is 0.456. The van der Waals surface area contributed by atoms with Gasteiger partial charge in [-0.1, -0.05) is 45.2 Å². The van der Waals surface area contributed by atoms with Crippen molar-refractivity contribution < 1.29 is 27.8 Å². The summed E-state index contributed by atoms with van der Waals surface area (Å²) >= 11 is 0. The lowest BCUT2D eigenvalue weighted by atomic mass is 9.69. The second-order valence-electron chi connectivity index (χ2n) is 10.8. The van der Waals surface area contributed by atoms with Crippen molar-refractivity contribution >= 4 is 5.78 Å². The number of carbonyl (C=O) groups excluding carboxylic acids is 1. The monoisotopic (exact) mass is 489 g/mol. The van der Waals surface area contributed by atoms with Gasteiger partial charge in [0.15, 0.2) is 5.78 Å². The molecule has 2 atom stereocenters. The summed E-state index contributed by atoms with van der Waals surface area (Å²) in [6.45, 7) is 6.02. The summed E-state index contributed by atoms with van der Waals surface area (Å²) < 4.78 is 45.0. The smallest absolute Gasteiger partial charge is 0.388 e. The summed E-state index contributed by atoms with van der Waals surface area (Å²) in [5.41, 5.74) is 2.51. The van der Waals surface area contributed by atoms with Gasteiger partial charge in [0, 0.05) is 23.9 Å². The summed E-state index contributed by atoms with van der Waals surface area (Å²) in [6.07, 6.45) is 0.534. The average Bonchev–Trinajstić information content (AvgIpc) is 2.81. The molecule has 1 unspecified atom stereocenters. The zero-order chi connectivity index (χ0) is 25.5. The molecule has 0 radical (unpaired) electrons. The molecule has 7 heteroatoms. The van der Waals surface area contributed by atoms with Gasteiger partial charge in [-0.05, 0) is 61.6 Å². The van der Waals surface area contributed by atoms with Gasteiger partial charge in [-0.3, -0.25) is 9.78 Å². The van der Waals surface area contributed by atoms with Crippen LogP contribution in [0.1, 0.15) is 121 Å². The third-order valence-electron chi connectivity index (χ3n) is 7.56. The zero-order valence-electron chi connectivity index (χ0n) is 20.8. The van der Waals surface area contributed by atoms with Crippen LogP contribution < -0.4 is 0 Å². The third-order valence-corrected chi connectivity index (χ3v) is 7.56. The molecule has 190 valence electrons. The lowest BCUT2D eigenvalue weighted by molar-refractivity contribution is -0.137. The van der Waals surface area contributed by atoms with Gasteiger partial charge < -0.3 is 9.84 Å². The van der Waals surface area contributed by atoms with Crippen molar-refractivity contribution in [2.75, 3.05) is 7.11 Å². The molecule has 2 aliphatic rings. The van der Waals surface area contributed by atoms with Crippen LogP contribution >= 0.6 is 0 Å². The Morgan fingerprint density at radius 3 is 2.31 bits per heavy atom. The van der Waals surface area contributed by atoms with E-state index >= 15 is 0 Å². The molecule has 1 fully saturated rings. The van der Waals surface area contributed by atoms with Crippen LogP contribution in [0.15, 0.2) is 24.3 Å². The maximum atomic E-state index is 14.0. The molecule has 4 rings (SSSR count). The van der Waals surface area contributed by atoms with E-state index in [-0.39, 0.29) is 22.7 Å². The number of halogens is 3. The highest BCUT2D eigenvalue weighted by Crippen LogP contribution is 2.48. The summed E-state index contributed by atoms with van der Waals surface area (Å²) in [5.74, 6) is -0.280. The highest BCUT2D eigenvalue weighted by atomic mass is 19.4. The van der Waals surface area contributed by atoms with Crippen molar-refractivity contribution in [3.63, 3.8) is 0 Å². The fourth-order valence-corrected chi connectivity index (χ4v) is 5.76. The Hall–Kier alpha value is -2.25. The van der Waals surface area contributed by atoms with Crippen molar-refractivity contribution in [1.29, 1.82) is 0 Å². The largest absolute Gasteiger partial charge is 0.416 e. The van der Waals surface area contributed by atoms with Crippen LogP contribution in [-0.4, -0.2) is 23.0 Å². The Morgan fingerprint density at radius 2 is 1.74 bits per heavy atom. The zero-order valence-corrected chi connectivity index (χ0v) is 20.8. The average molecular weight is 490 g/mol. The molecule has 2 aliphatic carbocycles. The van der Waals surface area contributed by atoms with Crippen molar-refractivity contribution in [1.82, 2.24) is 4.98 Å². The molecule has 0 aliphatic heterocycles. The van der Waals surface area contributed by atoms with E-state index in [2.05, 4.69) is 13.8 Å². The highest BCUT2D eigenvalue weighted by Gasteiger charge is 2.40. The number of benzene rings is 1. The summed E-state index contributed by atoms with van der Waals surface area (Å²) in [5, 5.41) is 11.3. The number of aliphatic hydroxyl groups is 1. The minimum absolute atomic E-state index is 0.0903. The van der Waals surface area contributed by atoms with Gasteiger partial charge in [0.05, 0.1) is 29.0 Å². The van der Waals surface area contributed by atoms with Gasteiger partial charge in [-0.15, -0.1) is 0 Å². The standard InChI is InChI=1S/C28H34F3NO3/c1-16(35-4)25-24(26(34)18-10-12-19(13-11-18)28(29,30)31)22(17-8-6-5-7-9-17)23-20(32-25)14-27(2,3)15-21(23)33/h10-13,16-17,21,33H,5-9,14-15H2,1-4H3/t16?,21-/m0/s1. The Kier molecular flexibility index (Phi) is 7.13. The van der Waals surface area contributed by atoms with Crippen LogP contribution in [0.25, 0.3) is 0 Å². The molecule has 1 N–H and O–H groups in total. The maximum absolute atomic E-state index is 14.0. The van der Waals surface area contributed by atoms with Gasteiger partial charge in [-0.2, -0.15) is 13.2 Å². The Morgan fingerprint density at radius 1 is 1.11 bits per heavy atom. The first-order valence-electron chi connectivity index (χ1n) is 12.4. The Balaban J connectivity index is 1.95. The number of alkyl halides is 3. The Bertz CT molecular complexity index is 1090.